The fraction of sp³-hybridized carbons (Fsp3) is 0.182. The number of thiazole rings is 1. The maximum Gasteiger partial charge on any atom is 0.273 e. The zero-order chi connectivity index (χ0) is 15.6. The zero-order valence-electron chi connectivity index (χ0n) is 10.9. The van der Waals surface area contributed by atoms with Gasteiger partial charge in [-0.3, -0.25) is 4.72 Å². The molecule has 1 N–H and O–H groups in total. The maximum atomic E-state index is 12.2. The number of anilines is 1. The third kappa shape index (κ3) is 3.52. The largest absolute Gasteiger partial charge is 0.495 e. The molecule has 2 rings (SSSR count). The molecule has 0 aliphatic rings. The summed E-state index contributed by atoms with van der Waals surface area (Å²) >= 11 is 12.5. The molecule has 0 fully saturated rings. The van der Waals surface area contributed by atoms with E-state index in [1.165, 1.54) is 32.5 Å². The molecule has 0 saturated carbocycles. The summed E-state index contributed by atoms with van der Waals surface area (Å²) in [5.41, 5.74) is 0.197. The minimum atomic E-state index is -3.82. The van der Waals surface area contributed by atoms with Crippen molar-refractivity contribution in [1.29, 1.82) is 0 Å². The SMILES string of the molecule is COc1cc(NS(=O)(=O)c2cnc(Cl)s2)c(OC)cc1Cl. The Morgan fingerprint density at radius 1 is 1.19 bits per heavy atom. The minimum absolute atomic E-state index is 0.0107. The van der Waals surface area contributed by atoms with E-state index < -0.39 is 10.0 Å². The van der Waals surface area contributed by atoms with E-state index in [4.69, 9.17) is 32.7 Å². The molecule has 1 aromatic carbocycles. The molecule has 0 bridgehead atoms. The number of hydrogen-bond donors (Lipinski definition) is 1. The number of benzene rings is 1. The molecule has 1 aromatic heterocycles. The molecule has 6 nitrogen and oxygen atoms in total. The zero-order valence-corrected chi connectivity index (χ0v) is 14.0. The lowest BCUT2D eigenvalue weighted by molar-refractivity contribution is 0.405. The van der Waals surface area contributed by atoms with Crippen LogP contribution in [-0.2, 0) is 10.0 Å². The Balaban J connectivity index is 2.43. The van der Waals surface area contributed by atoms with Crippen molar-refractivity contribution in [3.05, 3.63) is 27.8 Å². The summed E-state index contributed by atoms with van der Waals surface area (Å²) in [6.07, 6.45) is 1.18. The molecule has 21 heavy (non-hydrogen) atoms. The highest BCUT2D eigenvalue weighted by molar-refractivity contribution is 7.94. The lowest BCUT2D eigenvalue weighted by Gasteiger charge is -2.13. The molecule has 0 aliphatic heterocycles. The Morgan fingerprint density at radius 2 is 1.86 bits per heavy atom. The Kier molecular flexibility index (Phi) is 4.82. The topological polar surface area (TPSA) is 77.5 Å². The predicted molar refractivity (Wildman–Crippen MR) is 82.5 cm³/mol. The second-order valence-electron chi connectivity index (χ2n) is 3.72. The number of hydrogen-bond acceptors (Lipinski definition) is 6. The van der Waals surface area contributed by atoms with Gasteiger partial charge in [-0.1, -0.05) is 34.5 Å². The van der Waals surface area contributed by atoms with Crippen molar-refractivity contribution in [3.8, 4) is 11.5 Å². The van der Waals surface area contributed by atoms with Gasteiger partial charge in [0.25, 0.3) is 10.0 Å². The van der Waals surface area contributed by atoms with E-state index in [9.17, 15) is 8.42 Å². The molecule has 0 saturated heterocycles. The van der Waals surface area contributed by atoms with Crippen LogP contribution in [-0.4, -0.2) is 27.6 Å². The Labute approximate surface area is 135 Å². The molecule has 114 valence electrons. The van der Waals surface area contributed by atoms with E-state index in [2.05, 4.69) is 9.71 Å². The van der Waals surface area contributed by atoms with E-state index >= 15 is 0 Å². The van der Waals surface area contributed by atoms with Crippen molar-refractivity contribution in [2.75, 3.05) is 18.9 Å². The molecule has 0 aliphatic carbocycles. The summed E-state index contributed by atoms with van der Waals surface area (Å²) in [6.45, 7) is 0. The summed E-state index contributed by atoms with van der Waals surface area (Å²) in [4.78, 5) is 3.70. The molecule has 0 radical (unpaired) electrons. The van der Waals surface area contributed by atoms with Crippen LogP contribution in [0, 0.1) is 0 Å². The van der Waals surface area contributed by atoms with E-state index in [0.29, 0.717) is 10.8 Å². The monoisotopic (exact) mass is 368 g/mol. The summed E-state index contributed by atoms with van der Waals surface area (Å²) in [5, 5.41) is 0.304. The summed E-state index contributed by atoms with van der Waals surface area (Å²) in [5.74, 6) is 0.581. The van der Waals surface area contributed by atoms with Gasteiger partial charge in [0, 0.05) is 12.1 Å². The molecule has 0 atom stereocenters. The predicted octanol–water partition coefficient (Wildman–Crippen LogP) is 3.27. The van der Waals surface area contributed by atoms with Gasteiger partial charge in [-0.15, -0.1) is 0 Å². The normalized spacial score (nSPS) is 11.2. The van der Waals surface area contributed by atoms with E-state index in [-0.39, 0.29) is 20.1 Å². The third-order valence-corrected chi connectivity index (χ3v) is 5.68. The van der Waals surface area contributed by atoms with Crippen molar-refractivity contribution < 1.29 is 17.9 Å². The summed E-state index contributed by atoms with van der Waals surface area (Å²) in [7, 11) is -0.992. The number of nitrogens with zero attached hydrogens (tertiary/aromatic N) is 1. The first kappa shape index (κ1) is 16.2. The van der Waals surface area contributed by atoms with Gasteiger partial charge in [0.1, 0.15) is 11.5 Å². The second-order valence-corrected chi connectivity index (χ2v) is 7.65. The van der Waals surface area contributed by atoms with E-state index in [1.807, 2.05) is 0 Å². The number of rotatable bonds is 5. The highest BCUT2D eigenvalue weighted by Crippen LogP contribution is 2.37. The standard InChI is InChI=1S/C11H10Cl2N2O4S2/c1-18-8-4-7(9(19-2)3-6(8)12)15-21(16,17)10-5-14-11(13)20-10/h3-5,15H,1-2H3. The first-order chi connectivity index (χ1) is 9.87. The fourth-order valence-electron chi connectivity index (χ4n) is 1.50. The van der Waals surface area contributed by atoms with Crippen LogP contribution >= 0.6 is 34.5 Å². The number of ether oxygens (including phenoxy) is 2. The van der Waals surface area contributed by atoms with Crippen LogP contribution in [0.3, 0.4) is 0 Å². The van der Waals surface area contributed by atoms with Crippen molar-refractivity contribution in [3.63, 3.8) is 0 Å². The van der Waals surface area contributed by atoms with E-state index in [0.717, 1.165) is 11.3 Å². The highest BCUT2D eigenvalue weighted by atomic mass is 35.5. The van der Waals surface area contributed by atoms with Gasteiger partial charge in [0.2, 0.25) is 0 Å². The second kappa shape index (κ2) is 6.27. The minimum Gasteiger partial charge on any atom is -0.495 e. The smallest absolute Gasteiger partial charge is 0.273 e. The number of aromatic nitrogens is 1. The van der Waals surface area contributed by atoms with Crippen LogP contribution in [0.15, 0.2) is 22.5 Å². The number of sulfonamides is 1. The van der Waals surface area contributed by atoms with Crippen molar-refractivity contribution in [2.45, 2.75) is 4.21 Å². The van der Waals surface area contributed by atoms with Crippen LogP contribution in [0.1, 0.15) is 0 Å². The lowest BCUT2D eigenvalue weighted by Crippen LogP contribution is -2.12. The molecule has 0 spiro atoms. The van der Waals surface area contributed by atoms with E-state index in [1.54, 1.807) is 0 Å². The van der Waals surface area contributed by atoms with Gasteiger partial charge in [-0.05, 0) is 0 Å². The van der Waals surface area contributed by atoms with Crippen LogP contribution in [0.2, 0.25) is 9.49 Å². The number of nitrogens with one attached hydrogen (secondary N) is 1. The van der Waals surface area contributed by atoms with Crippen LogP contribution in [0.4, 0.5) is 5.69 Å². The van der Waals surface area contributed by atoms with Gasteiger partial charge in [0.05, 0.1) is 31.1 Å². The van der Waals surface area contributed by atoms with Crippen molar-refractivity contribution in [2.24, 2.45) is 0 Å². The lowest BCUT2D eigenvalue weighted by atomic mass is 10.3. The first-order valence-corrected chi connectivity index (χ1v) is 8.48. The Hall–Kier alpha value is -1.22. The van der Waals surface area contributed by atoms with Gasteiger partial charge in [0.15, 0.2) is 8.68 Å². The van der Waals surface area contributed by atoms with Crippen molar-refractivity contribution >= 4 is 50.2 Å². The number of halogens is 2. The van der Waals surface area contributed by atoms with Gasteiger partial charge in [-0.25, -0.2) is 13.4 Å². The first-order valence-electron chi connectivity index (χ1n) is 5.43. The highest BCUT2D eigenvalue weighted by Gasteiger charge is 2.21. The van der Waals surface area contributed by atoms with Gasteiger partial charge >= 0.3 is 0 Å². The molecular weight excluding hydrogens is 359 g/mol. The average molecular weight is 369 g/mol. The molecular formula is C11H10Cl2N2O4S2. The Morgan fingerprint density at radius 3 is 2.38 bits per heavy atom. The van der Waals surface area contributed by atoms with Gasteiger partial charge < -0.3 is 9.47 Å². The molecule has 10 heteroatoms. The average Bonchev–Trinajstić information content (AvgIpc) is 2.87. The molecule has 1 heterocycles. The maximum absolute atomic E-state index is 12.2. The summed E-state index contributed by atoms with van der Waals surface area (Å²) in [6, 6.07) is 2.89. The molecule has 0 unspecified atom stereocenters. The third-order valence-electron chi connectivity index (χ3n) is 2.44. The van der Waals surface area contributed by atoms with Crippen molar-refractivity contribution in [1.82, 2.24) is 4.98 Å². The van der Waals surface area contributed by atoms with Crippen LogP contribution < -0.4 is 14.2 Å². The number of methoxy groups -OCH3 is 2. The van der Waals surface area contributed by atoms with Crippen LogP contribution in [0.5, 0.6) is 11.5 Å². The Bertz CT molecular complexity index is 762. The van der Waals surface area contributed by atoms with Gasteiger partial charge in [-0.2, -0.15) is 0 Å². The van der Waals surface area contributed by atoms with Crippen LogP contribution in [0.25, 0.3) is 0 Å². The fourth-order valence-corrected chi connectivity index (χ4v) is 4.08. The molecule has 2 aromatic rings. The molecule has 0 amide bonds. The quantitative estimate of drug-likeness (QED) is 0.875. The summed E-state index contributed by atoms with van der Waals surface area (Å²) < 4.78 is 37.2.